The number of non-ortho nitro benzene ring substituents is 1. The number of nitrogens with zero attached hydrogens (tertiary/aromatic N) is 1. The summed E-state index contributed by atoms with van der Waals surface area (Å²) in [7, 11) is 0. The average molecular weight is 489 g/mol. The van der Waals surface area contributed by atoms with E-state index >= 15 is 0 Å². The molecule has 0 spiro atoms. The van der Waals surface area contributed by atoms with Crippen LogP contribution >= 0.6 is 27.3 Å². The van der Waals surface area contributed by atoms with Crippen molar-refractivity contribution in [3.63, 3.8) is 0 Å². The fourth-order valence-electron chi connectivity index (χ4n) is 2.90. The number of hydrogen-bond donors (Lipinski definition) is 1. The van der Waals surface area contributed by atoms with Crippen molar-refractivity contribution < 1.29 is 19.2 Å². The molecule has 0 atom stereocenters. The highest BCUT2D eigenvalue weighted by Crippen LogP contribution is 2.41. The summed E-state index contributed by atoms with van der Waals surface area (Å²) in [4.78, 5) is 36.6. The van der Waals surface area contributed by atoms with E-state index in [1.54, 1.807) is 43.3 Å². The molecule has 0 saturated heterocycles. The van der Waals surface area contributed by atoms with E-state index in [1.165, 1.54) is 23.5 Å². The molecular formula is C21H17BrN2O5S. The maximum absolute atomic E-state index is 12.7. The van der Waals surface area contributed by atoms with E-state index in [0.29, 0.717) is 21.7 Å². The molecule has 1 N–H and O–H groups in total. The molecule has 1 aromatic heterocycles. The van der Waals surface area contributed by atoms with Gasteiger partial charge in [-0.15, -0.1) is 11.3 Å². The fraction of sp³-hybridized carbons (Fsp3) is 0.143. The van der Waals surface area contributed by atoms with Crippen molar-refractivity contribution in [2.24, 2.45) is 0 Å². The molecule has 7 nitrogen and oxygen atoms in total. The Kier molecular flexibility index (Phi) is 6.63. The van der Waals surface area contributed by atoms with Gasteiger partial charge in [0.15, 0.2) is 0 Å². The number of ether oxygens (including phenoxy) is 1. The van der Waals surface area contributed by atoms with Crippen LogP contribution in [0, 0.1) is 17.0 Å². The van der Waals surface area contributed by atoms with Gasteiger partial charge < -0.3 is 10.1 Å². The van der Waals surface area contributed by atoms with E-state index in [4.69, 9.17) is 4.74 Å². The first kappa shape index (κ1) is 21.7. The average Bonchev–Trinajstić information content (AvgIpc) is 3.04. The number of benzene rings is 2. The molecule has 154 valence electrons. The quantitative estimate of drug-likeness (QED) is 0.267. The van der Waals surface area contributed by atoms with Crippen molar-refractivity contribution in [3.8, 4) is 11.1 Å². The number of carbonyl (C=O) groups excluding carboxylic acids is 2. The van der Waals surface area contributed by atoms with E-state index < -0.39 is 10.9 Å². The lowest BCUT2D eigenvalue weighted by atomic mass is 10.0. The first-order valence-electron chi connectivity index (χ1n) is 8.94. The zero-order chi connectivity index (χ0) is 21.8. The summed E-state index contributed by atoms with van der Waals surface area (Å²) in [5.74, 6) is -0.925. The molecule has 0 unspecified atom stereocenters. The van der Waals surface area contributed by atoms with Crippen LogP contribution in [0.15, 0.2) is 53.0 Å². The summed E-state index contributed by atoms with van der Waals surface area (Å²) in [6.07, 6.45) is 0. The minimum atomic E-state index is -0.568. The van der Waals surface area contributed by atoms with Crippen LogP contribution in [0.3, 0.4) is 0 Å². The number of thiophene rings is 1. The van der Waals surface area contributed by atoms with E-state index in [1.807, 2.05) is 6.92 Å². The molecule has 0 aliphatic carbocycles. The summed E-state index contributed by atoms with van der Waals surface area (Å²) in [6, 6.07) is 12.8. The van der Waals surface area contributed by atoms with Gasteiger partial charge in [0.25, 0.3) is 11.6 Å². The van der Waals surface area contributed by atoms with Gasteiger partial charge in [0.1, 0.15) is 10.6 Å². The minimum Gasteiger partial charge on any atom is -0.462 e. The van der Waals surface area contributed by atoms with Crippen LogP contribution in [-0.2, 0) is 4.74 Å². The van der Waals surface area contributed by atoms with Gasteiger partial charge in [-0.05, 0) is 55.8 Å². The first-order chi connectivity index (χ1) is 14.3. The number of carbonyl (C=O) groups is 2. The largest absolute Gasteiger partial charge is 0.462 e. The number of nitro benzene ring substituents is 1. The lowest BCUT2D eigenvalue weighted by Crippen LogP contribution is -2.14. The Morgan fingerprint density at radius 2 is 1.77 bits per heavy atom. The number of esters is 1. The third kappa shape index (κ3) is 4.58. The number of nitro groups is 1. The van der Waals surface area contributed by atoms with Crippen LogP contribution in [0.5, 0.6) is 0 Å². The molecule has 0 bridgehead atoms. The molecule has 1 heterocycles. The van der Waals surface area contributed by atoms with Gasteiger partial charge in [0.2, 0.25) is 0 Å². The van der Waals surface area contributed by atoms with Crippen LogP contribution in [0.2, 0.25) is 0 Å². The Morgan fingerprint density at radius 3 is 2.33 bits per heavy atom. The second-order valence-electron chi connectivity index (χ2n) is 6.22. The summed E-state index contributed by atoms with van der Waals surface area (Å²) < 4.78 is 6.06. The number of hydrogen-bond acceptors (Lipinski definition) is 6. The molecule has 30 heavy (non-hydrogen) atoms. The van der Waals surface area contributed by atoms with Gasteiger partial charge >= 0.3 is 5.97 Å². The highest BCUT2D eigenvalue weighted by molar-refractivity contribution is 9.10. The van der Waals surface area contributed by atoms with Crippen LogP contribution in [0.1, 0.15) is 32.5 Å². The van der Waals surface area contributed by atoms with Gasteiger partial charge in [-0.2, -0.15) is 0 Å². The van der Waals surface area contributed by atoms with Gasteiger partial charge in [-0.1, -0.05) is 15.9 Å². The molecule has 1 amide bonds. The lowest BCUT2D eigenvalue weighted by Gasteiger charge is -2.09. The minimum absolute atomic E-state index is 0.0481. The molecule has 3 aromatic rings. The second kappa shape index (κ2) is 9.19. The van der Waals surface area contributed by atoms with Gasteiger partial charge in [-0.25, -0.2) is 4.79 Å². The summed E-state index contributed by atoms with van der Waals surface area (Å²) in [5, 5.41) is 14.1. The monoisotopic (exact) mass is 488 g/mol. The van der Waals surface area contributed by atoms with Crippen LogP contribution in [0.4, 0.5) is 10.7 Å². The smallest absolute Gasteiger partial charge is 0.341 e. The van der Waals surface area contributed by atoms with Crippen molar-refractivity contribution in [1.29, 1.82) is 0 Å². The van der Waals surface area contributed by atoms with Crippen LogP contribution < -0.4 is 5.32 Å². The summed E-state index contributed by atoms with van der Waals surface area (Å²) in [5.41, 5.74) is 1.84. The van der Waals surface area contributed by atoms with Crippen molar-refractivity contribution in [3.05, 3.63) is 79.1 Å². The molecule has 0 aliphatic heterocycles. The van der Waals surface area contributed by atoms with E-state index in [0.717, 1.165) is 9.35 Å². The highest BCUT2D eigenvalue weighted by Gasteiger charge is 2.26. The second-order valence-corrected chi connectivity index (χ2v) is 8.36. The lowest BCUT2D eigenvalue weighted by molar-refractivity contribution is -0.384. The van der Waals surface area contributed by atoms with Gasteiger partial charge in [0, 0.05) is 32.6 Å². The Bertz CT molecular complexity index is 1110. The molecule has 0 aliphatic rings. The third-order valence-electron chi connectivity index (χ3n) is 4.26. The number of aryl methyl sites for hydroxylation is 1. The number of amides is 1. The SMILES string of the molecule is CCOC(=O)c1c(NC(=O)c2ccc(Br)cc2)sc(C)c1-c1ccc([N+](=O)[O-])cc1. The van der Waals surface area contributed by atoms with Crippen molar-refractivity contribution >= 4 is 49.8 Å². The molecule has 2 aromatic carbocycles. The Labute approximate surface area is 185 Å². The molecule has 0 radical (unpaired) electrons. The van der Waals surface area contributed by atoms with Crippen molar-refractivity contribution in [2.45, 2.75) is 13.8 Å². The van der Waals surface area contributed by atoms with Crippen molar-refractivity contribution in [1.82, 2.24) is 0 Å². The van der Waals surface area contributed by atoms with E-state index in [9.17, 15) is 19.7 Å². The van der Waals surface area contributed by atoms with Crippen LogP contribution in [-0.4, -0.2) is 23.4 Å². The fourth-order valence-corrected chi connectivity index (χ4v) is 4.23. The predicted octanol–water partition coefficient (Wildman–Crippen LogP) is 5.82. The highest BCUT2D eigenvalue weighted by atomic mass is 79.9. The van der Waals surface area contributed by atoms with E-state index in [2.05, 4.69) is 21.2 Å². The Hall–Kier alpha value is -3.04. The predicted molar refractivity (Wildman–Crippen MR) is 119 cm³/mol. The maximum atomic E-state index is 12.7. The Balaban J connectivity index is 2.04. The molecular weight excluding hydrogens is 472 g/mol. The summed E-state index contributed by atoms with van der Waals surface area (Å²) in [6.45, 7) is 3.69. The molecule has 0 fully saturated rings. The topological polar surface area (TPSA) is 98.5 Å². The zero-order valence-corrected chi connectivity index (χ0v) is 18.5. The molecule has 0 saturated carbocycles. The number of nitrogens with one attached hydrogen (secondary N) is 1. The maximum Gasteiger partial charge on any atom is 0.341 e. The van der Waals surface area contributed by atoms with E-state index in [-0.39, 0.29) is 23.8 Å². The molecule has 9 heteroatoms. The zero-order valence-electron chi connectivity index (χ0n) is 16.1. The van der Waals surface area contributed by atoms with Gasteiger partial charge in [-0.3, -0.25) is 14.9 Å². The number of anilines is 1. The Morgan fingerprint density at radius 1 is 1.13 bits per heavy atom. The molecule has 3 rings (SSSR count). The first-order valence-corrected chi connectivity index (χ1v) is 10.5. The normalized spacial score (nSPS) is 10.5. The van der Waals surface area contributed by atoms with Crippen LogP contribution in [0.25, 0.3) is 11.1 Å². The number of halogens is 1. The third-order valence-corrected chi connectivity index (χ3v) is 5.81. The van der Waals surface area contributed by atoms with Gasteiger partial charge in [0.05, 0.1) is 11.5 Å². The number of rotatable bonds is 6. The standard InChI is InChI=1S/C21H17BrN2O5S/c1-3-29-21(26)18-17(13-6-10-16(11-7-13)24(27)28)12(2)30-20(18)23-19(25)14-4-8-15(22)9-5-14/h4-11H,3H2,1-2H3,(H,23,25). The van der Waals surface area contributed by atoms with Crippen molar-refractivity contribution in [2.75, 3.05) is 11.9 Å². The summed E-state index contributed by atoms with van der Waals surface area (Å²) >= 11 is 4.58.